The molecule has 36 heavy (non-hydrogen) atoms. The van der Waals surface area contributed by atoms with Crippen LogP contribution in [0.4, 0.5) is 14.5 Å². The molecule has 0 aromatic heterocycles. The van der Waals surface area contributed by atoms with Gasteiger partial charge in [-0.1, -0.05) is 11.8 Å². The summed E-state index contributed by atoms with van der Waals surface area (Å²) in [5.74, 6) is 8.76. The van der Waals surface area contributed by atoms with Crippen LogP contribution in [0.3, 0.4) is 0 Å². The van der Waals surface area contributed by atoms with Crippen LogP contribution in [0.15, 0.2) is 48.5 Å². The van der Waals surface area contributed by atoms with Gasteiger partial charge < -0.3 is 10.1 Å². The van der Waals surface area contributed by atoms with E-state index in [4.69, 9.17) is 9.94 Å². The topological polar surface area (TPSA) is 134 Å². The first-order valence-corrected chi connectivity index (χ1v) is 12.1. The molecule has 2 aromatic rings. The lowest BCUT2D eigenvalue weighted by Gasteiger charge is -2.34. The predicted octanol–water partition coefficient (Wildman–Crippen LogP) is 1.74. The number of rotatable bonds is 8. The average Bonchev–Trinajstić information content (AvgIpc) is 2.84. The van der Waals surface area contributed by atoms with Crippen LogP contribution in [0, 0.1) is 23.7 Å². The molecule has 0 saturated heterocycles. The van der Waals surface area contributed by atoms with E-state index in [1.807, 2.05) is 0 Å². The zero-order chi connectivity index (χ0) is 26.9. The summed E-state index contributed by atoms with van der Waals surface area (Å²) in [4.78, 5) is 24.4. The molecule has 9 nitrogen and oxygen atoms in total. The number of carbonyl (C=O) groups excluding carboxylic acids is 2. The van der Waals surface area contributed by atoms with Crippen LogP contribution in [0.1, 0.15) is 28.4 Å². The fourth-order valence-corrected chi connectivity index (χ4v) is 3.39. The van der Waals surface area contributed by atoms with Gasteiger partial charge in [0.25, 0.3) is 18.2 Å². The van der Waals surface area contributed by atoms with E-state index >= 15 is 0 Å². The molecule has 1 unspecified atom stereocenters. The predicted molar refractivity (Wildman–Crippen MR) is 128 cm³/mol. The van der Waals surface area contributed by atoms with Crippen molar-refractivity contribution >= 4 is 27.5 Å². The van der Waals surface area contributed by atoms with Crippen molar-refractivity contribution in [2.75, 3.05) is 18.1 Å². The van der Waals surface area contributed by atoms with Crippen LogP contribution in [-0.4, -0.2) is 56.9 Å². The molecule has 190 valence electrons. The van der Waals surface area contributed by atoms with Crippen LogP contribution < -0.4 is 15.5 Å². The van der Waals surface area contributed by atoms with Gasteiger partial charge in [0.15, 0.2) is 5.60 Å². The van der Waals surface area contributed by atoms with Crippen molar-refractivity contribution < 1.29 is 36.7 Å². The Morgan fingerprint density at radius 1 is 1.00 bits per heavy atom. The minimum Gasteiger partial charge on any atom is -0.370 e. The number of methoxy groups -OCH3 is 1. The van der Waals surface area contributed by atoms with Crippen molar-refractivity contribution in [2.24, 2.45) is 0 Å². The van der Waals surface area contributed by atoms with Crippen LogP contribution in [0.2, 0.25) is 0 Å². The Morgan fingerprint density at radius 2 is 1.50 bits per heavy atom. The Bertz CT molecular complexity index is 1320. The Balaban J connectivity index is 2.09. The van der Waals surface area contributed by atoms with E-state index < -0.39 is 39.9 Å². The van der Waals surface area contributed by atoms with Gasteiger partial charge in [-0.2, -0.15) is 0 Å². The van der Waals surface area contributed by atoms with Gasteiger partial charge in [-0.25, -0.2) is 22.7 Å². The average molecular weight is 520 g/mol. The largest absolute Gasteiger partial charge is 0.370 e. The molecule has 0 aliphatic heterocycles. The molecule has 0 radical (unpaired) electrons. The number of sulfonamides is 1. The SMILES string of the molecule is COC(C)(C(F)F)[C@H](NC(=O)c1ccc(C#CC#Cc2ccc(NS(C)(=O)=O)cc2)cc1)C(=O)NO. The maximum Gasteiger partial charge on any atom is 0.269 e. The molecule has 2 amide bonds. The fraction of sp³-hybridized carbons (Fsp3) is 0.250. The smallest absolute Gasteiger partial charge is 0.269 e. The first-order chi connectivity index (χ1) is 16.9. The van der Waals surface area contributed by atoms with Crippen molar-refractivity contribution in [3.63, 3.8) is 0 Å². The molecule has 4 N–H and O–H groups in total. The second-order valence-corrected chi connectivity index (χ2v) is 9.35. The standard InChI is InChI=1S/C24H23F2N3O6S/c1-24(35-2,23(25)26)20(22(31)28-32)27-21(30)18-12-8-16(9-13-18)6-4-5-7-17-10-14-19(15-11-17)29-36(3,33)34/h8-15,20,23,29,32H,1-3H3,(H,27,30)(H,28,31)/t20-,24?/m1/s1. The molecule has 0 heterocycles. The molecule has 0 aliphatic rings. The number of benzene rings is 2. The molecule has 2 atom stereocenters. The van der Waals surface area contributed by atoms with Gasteiger partial charge in [-0.3, -0.25) is 19.5 Å². The number of hydrogen-bond acceptors (Lipinski definition) is 6. The monoisotopic (exact) mass is 519 g/mol. The van der Waals surface area contributed by atoms with Crippen LogP contribution in [0.25, 0.3) is 0 Å². The lowest BCUT2D eigenvalue weighted by atomic mass is 9.95. The number of alkyl halides is 2. The second-order valence-electron chi connectivity index (χ2n) is 7.60. The van der Waals surface area contributed by atoms with E-state index in [0.717, 1.165) is 20.3 Å². The number of hydroxylamine groups is 1. The molecule has 0 bridgehead atoms. The summed E-state index contributed by atoms with van der Waals surface area (Å²) in [5, 5.41) is 11.0. The van der Waals surface area contributed by atoms with Crippen molar-refractivity contribution in [2.45, 2.75) is 25.0 Å². The van der Waals surface area contributed by atoms with Gasteiger partial charge in [-0.15, -0.1) is 0 Å². The number of hydrogen-bond donors (Lipinski definition) is 4. The molecule has 0 saturated carbocycles. The number of amides is 2. The summed E-state index contributed by atoms with van der Waals surface area (Å²) in [6.45, 7) is 0.929. The van der Waals surface area contributed by atoms with Gasteiger partial charge in [0, 0.05) is 29.5 Å². The Labute approximate surface area is 207 Å². The Hall–Kier alpha value is -3.97. The number of halogens is 2. The Kier molecular flexibility index (Phi) is 9.53. The number of carbonyl (C=O) groups is 2. The molecule has 2 aromatic carbocycles. The quantitative estimate of drug-likeness (QED) is 0.239. The molecule has 0 fully saturated rings. The molecule has 0 aliphatic carbocycles. The Morgan fingerprint density at radius 3 is 1.92 bits per heavy atom. The third-order valence-corrected chi connectivity index (χ3v) is 5.51. The minimum absolute atomic E-state index is 0.0536. The minimum atomic E-state index is -3.37. The molecule has 0 spiro atoms. The summed E-state index contributed by atoms with van der Waals surface area (Å²) in [6, 6.07) is 10.2. The number of ether oxygens (including phenoxy) is 1. The van der Waals surface area contributed by atoms with Crippen molar-refractivity contribution in [3.8, 4) is 23.7 Å². The number of anilines is 1. The van der Waals surface area contributed by atoms with Crippen LogP contribution in [-0.2, 0) is 19.6 Å². The summed E-state index contributed by atoms with van der Waals surface area (Å²) in [5.41, 5.74) is 0.441. The highest BCUT2D eigenvalue weighted by atomic mass is 32.2. The molecular weight excluding hydrogens is 496 g/mol. The van der Waals surface area contributed by atoms with Crippen molar-refractivity contribution in [1.29, 1.82) is 0 Å². The van der Waals surface area contributed by atoms with Gasteiger partial charge in [0.2, 0.25) is 10.0 Å². The van der Waals surface area contributed by atoms with E-state index in [0.29, 0.717) is 16.8 Å². The first-order valence-electron chi connectivity index (χ1n) is 10.2. The lowest BCUT2D eigenvalue weighted by Crippen LogP contribution is -2.62. The third-order valence-electron chi connectivity index (χ3n) is 4.91. The summed E-state index contributed by atoms with van der Waals surface area (Å²) < 4.78 is 56.5. The second kappa shape index (κ2) is 12.1. The van der Waals surface area contributed by atoms with Gasteiger partial charge in [-0.05, 0) is 67.3 Å². The zero-order valence-electron chi connectivity index (χ0n) is 19.4. The van der Waals surface area contributed by atoms with Gasteiger partial charge in [0.1, 0.15) is 6.04 Å². The van der Waals surface area contributed by atoms with Crippen molar-refractivity contribution in [3.05, 3.63) is 65.2 Å². The van der Waals surface area contributed by atoms with E-state index in [2.05, 4.69) is 33.7 Å². The first kappa shape index (κ1) is 28.3. The normalized spacial score (nSPS) is 13.2. The van der Waals surface area contributed by atoms with Crippen molar-refractivity contribution in [1.82, 2.24) is 10.8 Å². The molecule has 2 rings (SSSR count). The van der Waals surface area contributed by atoms with E-state index in [1.54, 1.807) is 24.3 Å². The van der Waals surface area contributed by atoms with Crippen LogP contribution in [0.5, 0.6) is 0 Å². The maximum absolute atomic E-state index is 13.5. The molecule has 12 heteroatoms. The highest BCUT2D eigenvalue weighted by molar-refractivity contribution is 7.92. The van der Waals surface area contributed by atoms with E-state index in [9.17, 15) is 26.8 Å². The summed E-state index contributed by atoms with van der Waals surface area (Å²) in [6.07, 6.45) is -2.10. The zero-order valence-corrected chi connectivity index (χ0v) is 20.2. The maximum atomic E-state index is 13.5. The summed E-state index contributed by atoms with van der Waals surface area (Å²) in [7, 11) is -2.41. The lowest BCUT2D eigenvalue weighted by molar-refractivity contribution is -0.157. The van der Waals surface area contributed by atoms with E-state index in [1.165, 1.54) is 29.7 Å². The fourth-order valence-electron chi connectivity index (χ4n) is 2.83. The van der Waals surface area contributed by atoms with Gasteiger partial charge >= 0.3 is 0 Å². The highest BCUT2D eigenvalue weighted by Gasteiger charge is 2.48. The van der Waals surface area contributed by atoms with Crippen LogP contribution >= 0.6 is 0 Å². The summed E-state index contributed by atoms with van der Waals surface area (Å²) >= 11 is 0. The van der Waals surface area contributed by atoms with Gasteiger partial charge in [0.05, 0.1) is 6.26 Å². The van der Waals surface area contributed by atoms with E-state index in [-0.39, 0.29) is 5.56 Å². The highest BCUT2D eigenvalue weighted by Crippen LogP contribution is 2.24. The third kappa shape index (κ3) is 7.78. The number of nitrogens with one attached hydrogen (secondary N) is 3. The molecular formula is C24H23F2N3O6S.